The number of aromatic nitrogens is 5. The molecule has 34 heavy (non-hydrogen) atoms. The average Bonchev–Trinajstić information content (AvgIpc) is 3.64. The van der Waals surface area contributed by atoms with Crippen molar-refractivity contribution in [3.05, 3.63) is 42.4 Å². The highest BCUT2D eigenvalue weighted by Gasteiger charge is 2.29. The van der Waals surface area contributed by atoms with Gasteiger partial charge in [0.15, 0.2) is 5.65 Å². The Bertz CT molecular complexity index is 1370. The molecule has 3 N–H and O–H groups in total. The molecular formula is C24H27N7O3. The molecule has 1 saturated heterocycles. The van der Waals surface area contributed by atoms with Crippen LogP contribution in [0.1, 0.15) is 42.1 Å². The van der Waals surface area contributed by atoms with Crippen LogP contribution < -0.4 is 10.6 Å². The highest BCUT2D eigenvalue weighted by Crippen LogP contribution is 2.34. The Hall–Kier alpha value is -3.50. The molecule has 1 saturated carbocycles. The predicted octanol–water partition coefficient (Wildman–Crippen LogP) is 2.39. The van der Waals surface area contributed by atoms with Crippen LogP contribution in [0.15, 0.2) is 36.8 Å². The van der Waals surface area contributed by atoms with Crippen molar-refractivity contribution < 1.29 is 14.6 Å². The zero-order valence-corrected chi connectivity index (χ0v) is 18.9. The third-order valence-corrected chi connectivity index (χ3v) is 6.93. The quantitative estimate of drug-likeness (QED) is 0.418. The van der Waals surface area contributed by atoms with E-state index in [-0.39, 0.29) is 18.0 Å². The lowest BCUT2D eigenvalue weighted by Gasteiger charge is -2.16. The second-order valence-corrected chi connectivity index (χ2v) is 8.99. The fraction of sp³-hybridized carbons (Fsp3) is 0.417. The van der Waals surface area contributed by atoms with E-state index in [1.165, 1.54) is 6.20 Å². The molecule has 4 aromatic heterocycles. The average molecular weight is 462 g/mol. The van der Waals surface area contributed by atoms with Gasteiger partial charge in [0.2, 0.25) is 0 Å². The molecule has 1 unspecified atom stereocenters. The lowest BCUT2D eigenvalue weighted by molar-refractivity contribution is 0.0874. The molecule has 176 valence electrons. The van der Waals surface area contributed by atoms with E-state index in [0.717, 1.165) is 48.2 Å². The van der Waals surface area contributed by atoms with Gasteiger partial charge in [0.1, 0.15) is 17.0 Å². The molecule has 2 fully saturated rings. The summed E-state index contributed by atoms with van der Waals surface area (Å²) >= 11 is 0. The molecule has 3 atom stereocenters. The Morgan fingerprint density at radius 2 is 2.18 bits per heavy atom. The van der Waals surface area contributed by atoms with E-state index >= 15 is 0 Å². The van der Waals surface area contributed by atoms with Crippen LogP contribution >= 0.6 is 0 Å². The zero-order valence-electron chi connectivity index (χ0n) is 18.9. The topological polar surface area (TPSA) is 119 Å². The normalized spacial score (nSPS) is 22.6. The Morgan fingerprint density at radius 3 is 2.94 bits per heavy atom. The number of rotatable bonds is 5. The fourth-order valence-electron chi connectivity index (χ4n) is 5.10. The number of fused-ring (bicyclic) bond motifs is 2. The summed E-state index contributed by atoms with van der Waals surface area (Å²) in [5.41, 5.74) is 3.39. The van der Waals surface area contributed by atoms with Gasteiger partial charge in [-0.05, 0) is 37.8 Å². The molecule has 1 aliphatic heterocycles. The summed E-state index contributed by atoms with van der Waals surface area (Å²) in [6.07, 6.45) is 8.21. The van der Waals surface area contributed by atoms with Crippen molar-refractivity contribution in [1.29, 1.82) is 0 Å². The van der Waals surface area contributed by atoms with Crippen molar-refractivity contribution in [2.75, 3.05) is 25.6 Å². The number of aliphatic hydroxyl groups is 1. The number of amides is 1. The third-order valence-electron chi connectivity index (χ3n) is 6.93. The number of aliphatic hydroxyl groups excluding tert-OH is 1. The monoisotopic (exact) mass is 461 g/mol. The van der Waals surface area contributed by atoms with Crippen molar-refractivity contribution in [3.8, 4) is 11.3 Å². The minimum Gasteiger partial charge on any atom is -0.391 e. The number of carbonyl (C=O) groups excluding carboxylic acids is 1. The molecule has 1 aliphatic carbocycles. The Morgan fingerprint density at radius 1 is 1.26 bits per heavy atom. The summed E-state index contributed by atoms with van der Waals surface area (Å²) < 4.78 is 9.42. The molecule has 0 bridgehead atoms. The summed E-state index contributed by atoms with van der Waals surface area (Å²) in [5.74, 6) is 0.439. The first-order valence-corrected chi connectivity index (χ1v) is 11.7. The van der Waals surface area contributed by atoms with Gasteiger partial charge in [-0.1, -0.05) is 0 Å². The summed E-state index contributed by atoms with van der Waals surface area (Å²) in [7, 11) is 1.82. The third kappa shape index (κ3) is 3.41. The van der Waals surface area contributed by atoms with Crippen LogP contribution in [0.4, 0.5) is 5.82 Å². The van der Waals surface area contributed by atoms with E-state index in [1.807, 2.05) is 25.2 Å². The zero-order chi connectivity index (χ0) is 23.2. The van der Waals surface area contributed by atoms with Crippen molar-refractivity contribution in [3.63, 3.8) is 0 Å². The highest BCUT2D eigenvalue weighted by atomic mass is 16.5. The number of ether oxygens (including phenoxy) is 1. The summed E-state index contributed by atoms with van der Waals surface area (Å²) in [6, 6.07) is 5.88. The predicted molar refractivity (Wildman–Crippen MR) is 127 cm³/mol. The van der Waals surface area contributed by atoms with Gasteiger partial charge in [-0.2, -0.15) is 9.61 Å². The number of pyridine rings is 1. The maximum atomic E-state index is 13.1. The van der Waals surface area contributed by atoms with Gasteiger partial charge in [-0.15, -0.1) is 0 Å². The van der Waals surface area contributed by atoms with Gasteiger partial charge < -0.3 is 25.0 Å². The van der Waals surface area contributed by atoms with Crippen molar-refractivity contribution >= 4 is 28.4 Å². The molecule has 0 aromatic carbocycles. The van der Waals surface area contributed by atoms with E-state index < -0.39 is 6.10 Å². The molecule has 4 aromatic rings. The number of hydrogen-bond donors (Lipinski definition) is 3. The maximum Gasteiger partial charge on any atom is 0.257 e. The van der Waals surface area contributed by atoms with Crippen molar-refractivity contribution in [1.82, 2.24) is 29.5 Å². The van der Waals surface area contributed by atoms with Crippen molar-refractivity contribution in [2.24, 2.45) is 0 Å². The molecule has 5 heterocycles. The van der Waals surface area contributed by atoms with Gasteiger partial charge in [-0.3, -0.25) is 4.79 Å². The van der Waals surface area contributed by atoms with Crippen LogP contribution in [-0.2, 0) is 4.74 Å². The van der Waals surface area contributed by atoms with Gasteiger partial charge >= 0.3 is 0 Å². The molecule has 1 amide bonds. The lowest BCUT2D eigenvalue weighted by Crippen LogP contribution is -2.39. The molecule has 0 radical (unpaired) electrons. The largest absolute Gasteiger partial charge is 0.391 e. The Balaban J connectivity index is 1.46. The first-order valence-electron chi connectivity index (χ1n) is 11.7. The first-order chi connectivity index (χ1) is 16.6. The Labute approximate surface area is 196 Å². The number of nitrogens with one attached hydrogen (secondary N) is 2. The van der Waals surface area contributed by atoms with Crippen LogP contribution in [0.2, 0.25) is 0 Å². The number of carbonyl (C=O) groups is 1. The van der Waals surface area contributed by atoms with Gasteiger partial charge in [0, 0.05) is 43.1 Å². The van der Waals surface area contributed by atoms with E-state index in [4.69, 9.17) is 9.72 Å². The molecule has 0 spiro atoms. The van der Waals surface area contributed by atoms with Crippen molar-refractivity contribution in [2.45, 2.75) is 43.9 Å². The minimum absolute atomic E-state index is 0.229. The van der Waals surface area contributed by atoms with E-state index in [1.54, 1.807) is 10.7 Å². The van der Waals surface area contributed by atoms with Gasteiger partial charge in [0.25, 0.3) is 5.91 Å². The molecule has 2 aliphatic rings. The number of hydrogen-bond acceptors (Lipinski definition) is 7. The highest BCUT2D eigenvalue weighted by molar-refractivity contribution is 6.01. The van der Waals surface area contributed by atoms with Crippen LogP contribution in [0.5, 0.6) is 0 Å². The van der Waals surface area contributed by atoms with Crippen LogP contribution in [-0.4, -0.2) is 67.6 Å². The second kappa shape index (κ2) is 8.37. The van der Waals surface area contributed by atoms with E-state index in [2.05, 4.69) is 31.5 Å². The SMILES string of the molecule is CNc1cc(-c2cn([C@@H]3CCOC3)c3ncccc23)nc2c(C(=O)NC3CCC[C@H]3O)cnn12. The standard InChI is InChI=1S/C24H27N7O3/c1-25-21-10-19(17-12-30(14-7-9-34-13-14)22-15(17)4-3-8-26-22)28-23-16(11-27-31(21)23)24(33)29-18-5-2-6-20(18)32/h3-4,8,10-12,14,18,20,25,32H,2,5-7,9,13H2,1H3,(H,29,33)/t14-,18?,20-/m1/s1. The van der Waals surface area contributed by atoms with Crippen LogP contribution in [0, 0.1) is 0 Å². The first kappa shape index (κ1) is 21.1. The summed E-state index contributed by atoms with van der Waals surface area (Å²) in [4.78, 5) is 22.6. The molecular weight excluding hydrogens is 434 g/mol. The summed E-state index contributed by atoms with van der Waals surface area (Å²) in [5, 5.41) is 21.7. The lowest BCUT2D eigenvalue weighted by atomic mass is 10.1. The Kier molecular flexibility index (Phi) is 5.19. The van der Waals surface area contributed by atoms with Crippen LogP contribution in [0.25, 0.3) is 27.9 Å². The number of anilines is 1. The summed E-state index contributed by atoms with van der Waals surface area (Å²) in [6.45, 7) is 1.40. The van der Waals surface area contributed by atoms with Gasteiger partial charge in [-0.25, -0.2) is 9.97 Å². The molecule has 10 nitrogen and oxygen atoms in total. The minimum atomic E-state index is -0.514. The second-order valence-electron chi connectivity index (χ2n) is 8.99. The smallest absolute Gasteiger partial charge is 0.257 e. The number of nitrogens with zero attached hydrogens (tertiary/aromatic N) is 5. The van der Waals surface area contributed by atoms with E-state index in [9.17, 15) is 9.90 Å². The fourth-order valence-corrected chi connectivity index (χ4v) is 5.10. The van der Waals surface area contributed by atoms with Gasteiger partial charge in [0.05, 0.1) is 36.7 Å². The molecule has 6 rings (SSSR count). The van der Waals surface area contributed by atoms with E-state index in [0.29, 0.717) is 30.1 Å². The van der Waals surface area contributed by atoms with Crippen LogP contribution in [0.3, 0.4) is 0 Å². The molecule has 10 heteroatoms. The maximum absolute atomic E-state index is 13.1.